The van der Waals surface area contributed by atoms with Crippen LogP contribution in [0.15, 0.2) is 36.1 Å². The second-order valence-corrected chi connectivity index (χ2v) is 8.00. The van der Waals surface area contributed by atoms with Gasteiger partial charge < -0.3 is 29.4 Å². The van der Waals surface area contributed by atoms with Crippen LogP contribution in [-0.2, 0) is 30.3 Å². The molecule has 8 heteroatoms. The number of hydrogen-bond acceptors (Lipinski definition) is 6. The number of carbonyl (C=O) groups is 1. The number of halogens is 1. The monoisotopic (exact) mass is 453 g/mol. The maximum Gasteiger partial charge on any atom is 0.286 e. The minimum Gasteiger partial charge on any atom is -0.459 e. The van der Waals surface area contributed by atoms with Crippen molar-refractivity contribution in [3.05, 3.63) is 47.5 Å². The van der Waals surface area contributed by atoms with E-state index in [0.717, 1.165) is 5.56 Å². The fraction of sp³-hybridized carbons (Fsp3) is 0.625. The summed E-state index contributed by atoms with van der Waals surface area (Å²) in [5.74, 6) is 0.0207. The van der Waals surface area contributed by atoms with Gasteiger partial charge in [0.1, 0.15) is 5.82 Å². The molecule has 2 N–H and O–H groups in total. The molecule has 0 spiro atoms. The second-order valence-electron chi connectivity index (χ2n) is 8.00. The lowest BCUT2D eigenvalue weighted by atomic mass is 9.79. The molecule has 0 saturated carbocycles. The fourth-order valence-electron chi connectivity index (χ4n) is 3.68. The van der Waals surface area contributed by atoms with Gasteiger partial charge in [0.2, 0.25) is 6.29 Å². The average Bonchev–Trinajstić information content (AvgIpc) is 2.78. The molecule has 0 aliphatic carbocycles. The van der Waals surface area contributed by atoms with E-state index in [2.05, 4.69) is 19.2 Å². The molecule has 1 aromatic rings. The Morgan fingerprint density at radius 2 is 1.84 bits per heavy atom. The Kier molecular flexibility index (Phi) is 11.7. The van der Waals surface area contributed by atoms with Crippen molar-refractivity contribution in [2.24, 2.45) is 17.8 Å². The lowest BCUT2D eigenvalue weighted by molar-refractivity contribution is -0.177. The number of benzene rings is 1. The SMILES string of the molecule is CCO[C@@H]1OC(C(=O)NCc2ccc(F)cc2)=C[C@H](C(C)C)[C@@H]1CCOCCOCCO. The maximum absolute atomic E-state index is 13.1. The molecule has 180 valence electrons. The Balaban J connectivity index is 1.97. The zero-order chi connectivity index (χ0) is 23.3. The highest BCUT2D eigenvalue weighted by Crippen LogP contribution is 2.36. The highest BCUT2D eigenvalue weighted by atomic mass is 19.1. The lowest BCUT2D eigenvalue weighted by Gasteiger charge is -2.38. The zero-order valence-corrected chi connectivity index (χ0v) is 19.2. The van der Waals surface area contributed by atoms with Crippen LogP contribution < -0.4 is 5.32 Å². The molecule has 2 rings (SSSR count). The third-order valence-electron chi connectivity index (χ3n) is 5.32. The summed E-state index contributed by atoms with van der Waals surface area (Å²) in [4.78, 5) is 12.8. The van der Waals surface area contributed by atoms with Gasteiger partial charge in [-0.25, -0.2) is 4.39 Å². The smallest absolute Gasteiger partial charge is 0.286 e. The molecule has 0 radical (unpaired) electrons. The summed E-state index contributed by atoms with van der Waals surface area (Å²) in [7, 11) is 0. The van der Waals surface area contributed by atoms with Gasteiger partial charge in [0, 0.05) is 25.7 Å². The van der Waals surface area contributed by atoms with Crippen LogP contribution in [0.2, 0.25) is 0 Å². The number of carbonyl (C=O) groups excluding carboxylic acids is 1. The van der Waals surface area contributed by atoms with E-state index >= 15 is 0 Å². The van der Waals surface area contributed by atoms with Crippen molar-refractivity contribution in [1.29, 1.82) is 0 Å². The lowest BCUT2D eigenvalue weighted by Crippen LogP contribution is -2.41. The molecule has 1 amide bonds. The van der Waals surface area contributed by atoms with E-state index in [-0.39, 0.29) is 48.4 Å². The van der Waals surface area contributed by atoms with Crippen molar-refractivity contribution in [3.8, 4) is 0 Å². The Morgan fingerprint density at radius 3 is 2.47 bits per heavy atom. The van der Waals surface area contributed by atoms with Crippen LogP contribution in [0.3, 0.4) is 0 Å². The van der Waals surface area contributed by atoms with Crippen molar-refractivity contribution < 1.29 is 33.2 Å². The van der Waals surface area contributed by atoms with E-state index in [4.69, 9.17) is 24.1 Å². The molecule has 0 fully saturated rings. The van der Waals surface area contributed by atoms with Crippen molar-refractivity contribution >= 4 is 5.91 Å². The van der Waals surface area contributed by atoms with Crippen LogP contribution in [0.25, 0.3) is 0 Å². The largest absolute Gasteiger partial charge is 0.459 e. The summed E-state index contributed by atoms with van der Waals surface area (Å²) in [5.41, 5.74) is 0.802. The van der Waals surface area contributed by atoms with Crippen molar-refractivity contribution in [1.82, 2.24) is 5.32 Å². The van der Waals surface area contributed by atoms with E-state index in [1.807, 2.05) is 13.0 Å². The molecule has 32 heavy (non-hydrogen) atoms. The maximum atomic E-state index is 13.1. The topological polar surface area (TPSA) is 86.3 Å². The van der Waals surface area contributed by atoms with E-state index < -0.39 is 6.29 Å². The third kappa shape index (κ3) is 8.50. The number of rotatable bonds is 14. The first-order valence-electron chi connectivity index (χ1n) is 11.2. The minimum absolute atomic E-state index is 0.00232. The van der Waals surface area contributed by atoms with Gasteiger partial charge in [-0.1, -0.05) is 26.0 Å². The summed E-state index contributed by atoms with van der Waals surface area (Å²) >= 11 is 0. The highest BCUT2D eigenvalue weighted by molar-refractivity contribution is 5.91. The number of aliphatic hydroxyl groups excluding tert-OH is 1. The van der Waals surface area contributed by atoms with E-state index in [0.29, 0.717) is 39.5 Å². The summed E-state index contributed by atoms with van der Waals surface area (Å²) in [5, 5.41) is 11.6. The van der Waals surface area contributed by atoms with Gasteiger partial charge in [-0.15, -0.1) is 0 Å². The summed E-state index contributed by atoms with van der Waals surface area (Å²) < 4.78 is 35.7. The van der Waals surface area contributed by atoms with Crippen molar-refractivity contribution in [2.75, 3.05) is 39.6 Å². The molecular formula is C24H36FNO6. The number of amides is 1. The normalized spacial score (nSPS) is 20.7. The number of allylic oxidation sites excluding steroid dienone is 1. The van der Waals surface area contributed by atoms with Gasteiger partial charge in [-0.05, 0) is 49.0 Å². The van der Waals surface area contributed by atoms with Crippen molar-refractivity contribution in [3.63, 3.8) is 0 Å². The molecule has 0 unspecified atom stereocenters. The van der Waals surface area contributed by atoms with Crippen LogP contribution in [0.1, 0.15) is 32.8 Å². The molecule has 0 bridgehead atoms. The van der Waals surface area contributed by atoms with Crippen LogP contribution in [-0.4, -0.2) is 56.9 Å². The van der Waals surface area contributed by atoms with E-state index in [1.54, 1.807) is 12.1 Å². The predicted octanol–water partition coefficient (Wildman–Crippen LogP) is 3.02. The number of aliphatic hydroxyl groups is 1. The number of nitrogens with one attached hydrogen (secondary N) is 1. The third-order valence-corrected chi connectivity index (χ3v) is 5.32. The van der Waals surface area contributed by atoms with E-state index in [9.17, 15) is 9.18 Å². The molecule has 0 aromatic heterocycles. The first-order valence-corrected chi connectivity index (χ1v) is 11.2. The number of ether oxygens (including phenoxy) is 4. The molecular weight excluding hydrogens is 417 g/mol. The van der Waals surface area contributed by atoms with Gasteiger partial charge in [0.15, 0.2) is 5.76 Å². The first-order chi connectivity index (χ1) is 15.5. The van der Waals surface area contributed by atoms with Gasteiger partial charge in [0.05, 0.1) is 26.4 Å². The van der Waals surface area contributed by atoms with Gasteiger partial charge in [-0.2, -0.15) is 0 Å². The highest BCUT2D eigenvalue weighted by Gasteiger charge is 2.38. The Hall–Kier alpha value is -2.00. The van der Waals surface area contributed by atoms with E-state index in [1.165, 1.54) is 12.1 Å². The first kappa shape index (κ1) is 26.3. The summed E-state index contributed by atoms with van der Waals surface area (Å²) in [6.45, 7) is 8.56. The van der Waals surface area contributed by atoms with Crippen LogP contribution >= 0.6 is 0 Å². The molecule has 0 saturated heterocycles. The Bertz CT molecular complexity index is 709. The summed E-state index contributed by atoms with van der Waals surface area (Å²) in [6.07, 6.45) is 2.06. The number of hydrogen-bond donors (Lipinski definition) is 2. The quantitative estimate of drug-likeness (QED) is 0.421. The fourth-order valence-corrected chi connectivity index (χ4v) is 3.68. The van der Waals surface area contributed by atoms with Gasteiger partial charge >= 0.3 is 0 Å². The van der Waals surface area contributed by atoms with Crippen LogP contribution in [0.5, 0.6) is 0 Å². The average molecular weight is 454 g/mol. The Labute approximate surface area is 189 Å². The van der Waals surface area contributed by atoms with Gasteiger partial charge in [-0.3, -0.25) is 4.79 Å². The molecule has 7 nitrogen and oxygen atoms in total. The molecule has 1 aliphatic heterocycles. The molecule has 1 aliphatic rings. The minimum atomic E-state index is -0.543. The molecule has 1 aromatic carbocycles. The predicted molar refractivity (Wildman–Crippen MR) is 118 cm³/mol. The van der Waals surface area contributed by atoms with Crippen molar-refractivity contribution in [2.45, 2.75) is 40.0 Å². The second kappa shape index (κ2) is 14.2. The van der Waals surface area contributed by atoms with Crippen LogP contribution in [0, 0.1) is 23.6 Å². The zero-order valence-electron chi connectivity index (χ0n) is 19.2. The Morgan fingerprint density at radius 1 is 1.16 bits per heavy atom. The van der Waals surface area contributed by atoms with Gasteiger partial charge in [0.25, 0.3) is 5.91 Å². The van der Waals surface area contributed by atoms with Crippen LogP contribution in [0.4, 0.5) is 4.39 Å². The molecule has 3 atom stereocenters. The summed E-state index contributed by atoms with van der Waals surface area (Å²) in [6, 6.07) is 6.00. The standard InChI is InChI=1S/C24H36FNO6/c1-4-31-24-20(9-11-29-13-14-30-12-10-27)21(17(2)3)15-22(32-24)23(28)26-16-18-5-7-19(25)8-6-18/h5-8,15,17,20-21,24,27H,4,9-14,16H2,1-3H3,(H,26,28)/t20-,21+,24+/m0/s1. The molecule has 1 heterocycles.